The molecule has 1 aliphatic heterocycles. The van der Waals surface area contributed by atoms with Gasteiger partial charge < -0.3 is 14.2 Å². The summed E-state index contributed by atoms with van der Waals surface area (Å²) in [4.78, 5) is 12.6. The molecule has 0 aliphatic carbocycles. The molecule has 1 heterocycles. The number of carbonyl (C=O) groups excluding carboxylic acids is 1. The molecule has 0 saturated heterocycles. The molecule has 0 atom stereocenters. The molecule has 0 aromatic heterocycles. The van der Waals surface area contributed by atoms with Crippen LogP contribution in [0.15, 0.2) is 35.2 Å². The highest BCUT2D eigenvalue weighted by atomic mass is 35.5. The van der Waals surface area contributed by atoms with Gasteiger partial charge in [-0.05, 0) is 42.3 Å². The predicted octanol–water partition coefficient (Wildman–Crippen LogP) is 3.03. The number of fused-ring (bicyclic) bond motifs is 1. The average Bonchev–Trinajstić information content (AvgIpc) is 2.66. The van der Waals surface area contributed by atoms with E-state index in [9.17, 15) is 13.2 Å². The fourth-order valence-corrected chi connectivity index (χ4v) is 3.88. The van der Waals surface area contributed by atoms with Gasteiger partial charge in [-0.2, -0.15) is 0 Å². The van der Waals surface area contributed by atoms with Gasteiger partial charge in [0.15, 0.2) is 11.5 Å². The van der Waals surface area contributed by atoms with Gasteiger partial charge in [-0.1, -0.05) is 17.7 Å². The summed E-state index contributed by atoms with van der Waals surface area (Å²) in [5, 5.41) is 0.374. The third kappa shape index (κ3) is 4.09. The Morgan fingerprint density at radius 2 is 1.89 bits per heavy atom. The highest BCUT2D eigenvalue weighted by Crippen LogP contribution is 2.38. The van der Waals surface area contributed by atoms with E-state index in [1.54, 1.807) is 25.1 Å². The van der Waals surface area contributed by atoms with Gasteiger partial charge in [0, 0.05) is 14.1 Å². The first kappa shape index (κ1) is 20.4. The summed E-state index contributed by atoms with van der Waals surface area (Å²) in [5.41, 5.74) is 1.44. The molecule has 0 fully saturated rings. The molecule has 2 aromatic rings. The third-order valence-electron chi connectivity index (χ3n) is 4.23. The van der Waals surface area contributed by atoms with Crippen molar-refractivity contribution in [2.24, 2.45) is 0 Å². The maximum absolute atomic E-state index is 12.5. The molecule has 0 amide bonds. The van der Waals surface area contributed by atoms with E-state index in [1.807, 2.05) is 0 Å². The number of benzene rings is 2. The molecular weight excluding hydrogens is 406 g/mol. The number of hydrogen-bond donors (Lipinski definition) is 0. The highest BCUT2D eigenvalue weighted by molar-refractivity contribution is 7.89. The number of hydrogen-bond acceptors (Lipinski definition) is 6. The lowest BCUT2D eigenvalue weighted by Crippen LogP contribution is -2.22. The van der Waals surface area contributed by atoms with Crippen LogP contribution in [0.25, 0.3) is 0 Å². The van der Waals surface area contributed by atoms with Crippen molar-refractivity contribution >= 4 is 27.6 Å². The Kier molecular flexibility index (Phi) is 5.83. The molecule has 9 heteroatoms. The zero-order chi connectivity index (χ0) is 20.5. The Balaban J connectivity index is 1.80. The number of esters is 1. The summed E-state index contributed by atoms with van der Waals surface area (Å²) in [6.07, 6.45) is 0. The Morgan fingerprint density at radius 1 is 1.18 bits per heavy atom. The van der Waals surface area contributed by atoms with Crippen molar-refractivity contribution in [2.45, 2.75) is 18.4 Å². The van der Waals surface area contributed by atoms with E-state index < -0.39 is 16.0 Å². The van der Waals surface area contributed by atoms with Crippen LogP contribution in [-0.4, -0.2) is 46.0 Å². The smallest absolute Gasteiger partial charge is 0.338 e. The molecule has 0 saturated carbocycles. The van der Waals surface area contributed by atoms with E-state index in [-0.39, 0.29) is 17.1 Å². The fraction of sp³-hybridized carbons (Fsp3) is 0.316. The van der Waals surface area contributed by atoms with Crippen molar-refractivity contribution in [1.29, 1.82) is 0 Å². The van der Waals surface area contributed by atoms with E-state index in [4.69, 9.17) is 25.8 Å². The number of nitrogens with zero attached hydrogens (tertiary/aromatic N) is 1. The van der Waals surface area contributed by atoms with Crippen molar-refractivity contribution in [3.05, 3.63) is 52.0 Å². The van der Waals surface area contributed by atoms with Gasteiger partial charge >= 0.3 is 5.97 Å². The quantitative estimate of drug-likeness (QED) is 0.685. The van der Waals surface area contributed by atoms with Gasteiger partial charge in [0.1, 0.15) is 19.8 Å². The normalized spacial score (nSPS) is 13.5. The number of carbonyl (C=O) groups is 1. The van der Waals surface area contributed by atoms with Crippen molar-refractivity contribution in [3.63, 3.8) is 0 Å². The van der Waals surface area contributed by atoms with Crippen LogP contribution in [0.3, 0.4) is 0 Å². The first-order valence-electron chi connectivity index (χ1n) is 8.48. The third-order valence-corrected chi connectivity index (χ3v) is 6.33. The monoisotopic (exact) mass is 425 g/mol. The first-order valence-corrected chi connectivity index (χ1v) is 10.3. The number of ether oxygens (including phenoxy) is 3. The van der Waals surface area contributed by atoms with Crippen LogP contribution in [0.5, 0.6) is 11.5 Å². The summed E-state index contributed by atoms with van der Waals surface area (Å²) < 4.78 is 42.0. The van der Waals surface area contributed by atoms with Crippen molar-refractivity contribution < 1.29 is 27.4 Å². The molecule has 0 spiro atoms. The second-order valence-corrected chi connectivity index (χ2v) is 9.00. The lowest BCUT2D eigenvalue weighted by molar-refractivity contribution is 0.0471. The molecule has 3 rings (SSSR count). The van der Waals surface area contributed by atoms with Gasteiger partial charge in [-0.3, -0.25) is 0 Å². The maximum atomic E-state index is 12.5. The van der Waals surface area contributed by atoms with Gasteiger partial charge in [0.05, 0.1) is 15.5 Å². The first-order chi connectivity index (χ1) is 13.2. The standard InChI is InChI=1S/C19H20ClNO6S/c1-12-4-5-14(28(23,24)21(2)3)10-15(12)19(22)27-11-13-8-16(20)18-17(9-13)25-6-7-26-18/h4-5,8-10H,6-7,11H2,1-3H3. The van der Waals surface area contributed by atoms with E-state index in [0.717, 1.165) is 4.31 Å². The van der Waals surface area contributed by atoms with Gasteiger partial charge in [0.25, 0.3) is 0 Å². The Labute approximate surface area is 168 Å². The molecule has 2 aromatic carbocycles. The minimum atomic E-state index is -3.65. The molecule has 0 radical (unpaired) electrons. The van der Waals surface area contributed by atoms with Crippen molar-refractivity contribution in [2.75, 3.05) is 27.3 Å². The Hall–Kier alpha value is -2.29. The van der Waals surface area contributed by atoms with Gasteiger partial charge in [0.2, 0.25) is 10.0 Å². The van der Waals surface area contributed by atoms with Crippen LogP contribution in [-0.2, 0) is 21.4 Å². The van der Waals surface area contributed by atoms with Crippen LogP contribution in [0.1, 0.15) is 21.5 Å². The molecule has 7 nitrogen and oxygen atoms in total. The second kappa shape index (κ2) is 7.98. The molecule has 28 heavy (non-hydrogen) atoms. The lowest BCUT2D eigenvalue weighted by Gasteiger charge is -2.20. The van der Waals surface area contributed by atoms with Crippen LogP contribution in [0.2, 0.25) is 5.02 Å². The van der Waals surface area contributed by atoms with Crippen molar-refractivity contribution in [1.82, 2.24) is 4.31 Å². The molecular formula is C19H20ClNO6S. The van der Waals surface area contributed by atoms with E-state index in [0.29, 0.717) is 40.9 Å². The maximum Gasteiger partial charge on any atom is 0.338 e. The van der Waals surface area contributed by atoms with Gasteiger partial charge in [-0.15, -0.1) is 0 Å². The van der Waals surface area contributed by atoms with Crippen LogP contribution < -0.4 is 9.47 Å². The molecule has 0 N–H and O–H groups in total. The van der Waals surface area contributed by atoms with E-state index in [2.05, 4.69) is 0 Å². The molecule has 0 unspecified atom stereocenters. The molecule has 1 aliphatic rings. The van der Waals surface area contributed by atoms with Crippen LogP contribution >= 0.6 is 11.6 Å². The number of aryl methyl sites for hydroxylation is 1. The lowest BCUT2D eigenvalue weighted by atomic mass is 10.1. The summed E-state index contributed by atoms with van der Waals surface area (Å²) in [5.74, 6) is 0.347. The minimum Gasteiger partial charge on any atom is -0.486 e. The minimum absolute atomic E-state index is 0.0254. The van der Waals surface area contributed by atoms with E-state index >= 15 is 0 Å². The zero-order valence-electron chi connectivity index (χ0n) is 15.7. The average molecular weight is 426 g/mol. The summed E-state index contributed by atoms with van der Waals surface area (Å²) in [7, 11) is -0.796. The topological polar surface area (TPSA) is 82.1 Å². The van der Waals surface area contributed by atoms with E-state index in [1.165, 1.54) is 26.2 Å². The van der Waals surface area contributed by atoms with Crippen LogP contribution in [0.4, 0.5) is 0 Å². The summed E-state index contributed by atoms with van der Waals surface area (Å²) in [6, 6.07) is 7.70. The molecule has 0 bridgehead atoms. The summed E-state index contributed by atoms with van der Waals surface area (Å²) >= 11 is 6.19. The summed E-state index contributed by atoms with van der Waals surface area (Å²) in [6.45, 7) is 2.51. The predicted molar refractivity (Wildman–Crippen MR) is 104 cm³/mol. The van der Waals surface area contributed by atoms with Crippen LogP contribution in [0, 0.1) is 6.92 Å². The number of halogens is 1. The largest absolute Gasteiger partial charge is 0.486 e. The highest BCUT2D eigenvalue weighted by Gasteiger charge is 2.21. The van der Waals surface area contributed by atoms with Gasteiger partial charge in [-0.25, -0.2) is 17.5 Å². The second-order valence-electron chi connectivity index (χ2n) is 6.44. The molecule has 150 valence electrons. The fourth-order valence-electron chi connectivity index (χ4n) is 2.67. The number of sulfonamides is 1. The Bertz CT molecular complexity index is 1020. The SMILES string of the molecule is Cc1ccc(S(=O)(=O)N(C)C)cc1C(=O)OCc1cc(Cl)c2c(c1)OCCO2. The van der Waals surface area contributed by atoms with Crippen molar-refractivity contribution in [3.8, 4) is 11.5 Å². The number of rotatable bonds is 5. The zero-order valence-corrected chi connectivity index (χ0v) is 17.3. The Morgan fingerprint density at radius 3 is 2.61 bits per heavy atom.